The summed E-state index contributed by atoms with van der Waals surface area (Å²) in [5.41, 5.74) is 0. The summed E-state index contributed by atoms with van der Waals surface area (Å²) in [6, 6.07) is 0. The van der Waals surface area contributed by atoms with Crippen molar-refractivity contribution in [3.8, 4) is 0 Å². The molecule has 0 bridgehead atoms. The predicted molar refractivity (Wildman–Crippen MR) is 74.3 cm³/mol. The maximum absolute atomic E-state index is 11.5. The summed E-state index contributed by atoms with van der Waals surface area (Å²) in [5, 5.41) is 3.19. The van der Waals surface area contributed by atoms with E-state index in [9.17, 15) is 4.79 Å². The molecule has 4 nitrogen and oxygen atoms in total. The fourth-order valence-electron chi connectivity index (χ4n) is 2.85. The lowest BCUT2D eigenvalue weighted by atomic mass is 10.0. The second kappa shape index (κ2) is 5.87. The molecule has 2 atom stereocenters. The van der Waals surface area contributed by atoms with Gasteiger partial charge in [-0.05, 0) is 42.8 Å². The van der Waals surface area contributed by atoms with E-state index in [1.165, 1.54) is 19.3 Å². The number of nitrogens with one attached hydrogen (secondary N) is 1. The molecule has 1 aliphatic heterocycles. The number of likely N-dealkylation sites (tertiary alicyclic amines) is 1. The monoisotopic (exact) mass is 270 g/mol. The summed E-state index contributed by atoms with van der Waals surface area (Å²) in [6.45, 7) is 6.43. The maximum Gasteiger partial charge on any atom is 0.413 e. The molecule has 102 valence electrons. The number of thiocarbonyl (C=S) groups is 1. The van der Waals surface area contributed by atoms with E-state index in [0.717, 1.165) is 24.9 Å². The van der Waals surface area contributed by atoms with E-state index in [1.54, 1.807) is 0 Å². The van der Waals surface area contributed by atoms with Crippen LogP contribution < -0.4 is 5.32 Å². The van der Waals surface area contributed by atoms with Crippen LogP contribution in [0.4, 0.5) is 4.79 Å². The van der Waals surface area contributed by atoms with Gasteiger partial charge in [0.15, 0.2) is 5.11 Å². The van der Waals surface area contributed by atoms with Crippen molar-refractivity contribution in [2.24, 2.45) is 17.8 Å². The third-order valence-electron chi connectivity index (χ3n) is 3.77. The van der Waals surface area contributed by atoms with Crippen molar-refractivity contribution < 1.29 is 9.53 Å². The van der Waals surface area contributed by atoms with E-state index in [0.29, 0.717) is 17.6 Å². The SMILES string of the molecule is CC(C)COC(=O)NC(=S)N1CC2CCCC2C1. The lowest BCUT2D eigenvalue weighted by Gasteiger charge is -2.20. The van der Waals surface area contributed by atoms with Crippen LogP contribution >= 0.6 is 12.2 Å². The van der Waals surface area contributed by atoms with Crippen molar-refractivity contribution in [3.05, 3.63) is 0 Å². The molecule has 0 aromatic heterocycles. The zero-order valence-corrected chi connectivity index (χ0v) is 12.0. The summed E-state index contributed by atoms with van der Waals surface area (Å²) in [4.78, 5) is 13.6. The quantitative estimate of drug-likeness (QED) is 0.782. The maximum atomic E-state index is 11.5. The first-order valence-corrected chi connectivity index (χ1v) is 7.19. The average Bonchev–Trinajstić information content (AvgIpc) is 2.85. The molecule has 2 rings (SSSR count). The highest BCUT2D eigenvalue weighted by Gasteiger charge is 2.37. The Kier molecular flexibility index (Phi) is 4.43. The second-order valence-electron chi connectivity index (χ2n) is 5.78. The minimum Gasteiger partial charge on any atom is -0.449 e. The van der Waals surface area contributed by atoms with Crippen LogP contribution in [0.15, 0.2) is 0 Å². The normalized spacial score (nSPS) is 26.3. The van der Waals surface area contributed by atoms with Crippen LogP contribution in [-0.4, -0.2) is 35.8 Å². The van der Waals surface area contributed by atoms with Gasteiger partial charge in [-0.15, -0.1) is 0 Å². The van der Waals surface area contributed by atoms with Gasteiger partial charge >= 0.3 is 6.09 Å². The molecule has 2 unspecified atom stereocenters. The number of carbonyl (C=O) groups is 1. The van der Waals surface area contributed by atoms with Crippen molar-refractivity contribution in [2.45, 2.75) is 33.1 Å². The van der Waals surface area contributed by atoms with Gasteiger partial charge in [-0.2, -0.15) is 0 Å². The Balaban J connectivity index is 1.73. The molecular weight excluding hydrogens is 248 g/mol. The van der Waals surface area contributed by atoms with Gasteiger partial charge < -0.3 is 9.64 Å². The van der Waals surface area contributed by atoms with Crippen LogP contribution in [0, 0.1) is 17.8 Å². The topological polar surface area (TPSA) is 41.6 Å². The van der Waals surface area contributed by atoms with Crippen LogP contribution in [0.25, 0.3) is 0 Å². The number of amides is 1. The number of ether oxygens (including phenoxy) is 1. The van der Waals surface area contributed by atoms with Crippen molar-refractivity contribution in [1.29, 1.82) is 0 Å². The molecule has 1 N–H and O–H groups in total. The van der Waals surface area contributed by atoms with Gasteiger partial charge in [-0.3, -0.25) is 5.32 Å². The van der Waals surface area contributed by atoms with Gasteiger partial charge in [0.2, 0.25) is 0 Å². The van der Waals surface area contributed by atoms with E-state index < -0.39 is 6.09 Å². The number of alkyl carbamates (subject to hydrolysis) is 1. The van der Waals surface area contributed by atoms with Gasteiger partial charge in [-0.1, -0.05) is 20.3 Å². The van der Waals surface area contributed by atoms with Gasteiger partial charge in [0.25, 0.3) is 0 Å². The summed E-state index contributed by atoms with van der Waals surface area (Å²) < 4.78 is 5.06. The fourth-order valence-corrected chi connectivity index (χ4v) is 3.08. The smallest absolute Gasteiger partial charge is 0.413 e. The van der Waals surface area contributed by atoms with Crippen LogP contribution in [0.5, 0.6) is 0 Å². The molecule has 1 amide bonds. The Morgan fingerprint density at radius 3 is 2.56 bits per heavy atom. The van der Waals surface area contributed by atoms with Gasteiger partial charge in [0.05, 0.1) is 6.61 Å². The summed E-state index contributed by atoms with van der Waals surface area (Å²) >= 11 is 5.26. The highest BCUT2D eigenvalue weighted by molar-refractivity contribution is 7.80. The van der Waals surface area contributed by atoms with Crippen molar-refractivity contribution in [2.75, 3.05) is 19.7 Å². The molecule has 1 heterocycles. The van der Waals surface area contributed by atoms with Crippen molar-refractivity contribution >= 4 is 23.4 Å². The van der Waals surface area contributed by atoms with Gasteiger partial charge in [0.1, 0.15) is 0 Å². The summed E-state index contributed by atoms with van der Waals surface area (Å²) in [7, 11) is 0. The summed E-state index contributed by atoms with van der Waals surface area (Å²) in [5.74, 6) is 1.89. The van der Waals surface area contributed by atoms with E-state index in [2.05, 4.69) is 10.2 Å². The van der Waals surface area contributed by atoms with E-state index >= 15 is 0 Å². The number of nitrogens with zero attached hydrogens (tertiary/aromatic N) is 1. The second-order valence-corrected chi connectivity index (χ2v) is 6.17. The number of hydrogen-bond acceptors (Lipinski definition) is 3. The van der Waals surface area contributed by atoms with Crippen LogP contribution in [0.1, 0.15) is 33.1 Å². The van der Waals surface area contributed by atoms with Crippen LogP contribution in [-0.2, 0) is 4.74 Å². The first kappa shape index (κ1) is 13.6. The Bertz CT molecular complexity index is 321. The van der Waals surface area contributed by atoms with Crippen LogP contribution in [0.2, 0.25) is 0 Å². The molecule has 2 aliphatic rings. The minimum absolute atomic E-state index is 0.343. The average molecular weight is 270 g/mol. The standard InChI is InChI=1S/C13H22N2O2S/c1-9(2)8-17-13(16)14-12(18)15-6-10-4-3-5-11(10)7-15/h9-11H,3-8H2,1-2H3,(H,14,16,18). The molecular formula is C13H22N2O2S. The van der Waals surface area contributed by atoms with E-state index in [1.807, 2.05) is 13.8 Å². The molecule has 18 heavy (non-hydrogen) atoms. The largest absolute Gasteiger partial charge is 0.449 e. The Morgan fingerprint density at radius 2 is 2.00 bits per heavy atom. The molecule has 2 fully saturated rings. The lowest BCUT2D eigenvalue weighted by molar-refractivity contribution is 0.137. The Labute approximate surface area is 114 Å². The minimum atomic E-state index is -0.425. The molecule has 1 aliphatic carbocycles. The number of hydrogen-bond donors (Lipinski definition) is 1. The number of carbonyl (C=O) groups excluding carboxylic acids is 1. The first-order valence-electron chi connectivity index (χ1n) is 6.79. The number of fused-ring (bicyclic) bond motifs is 1. The van der Waals surface area contributed by atoms with E-state index in [-0.39, 0.29) is 0 Å². The van der Waals surface area contributed by atoms with Crippen molar-refractivity contribution in [3.63, 3.8) is 0 Å². The van der Waals surface area contributed by atoms with Crippen molar-refractivity contribution in [1.82, 2.24) is 10.2 Å². The highest BCUT2D eigenvalue weighted by atomic mass is 32.1. The molecule has 0 radical (unpaired) electrons. The molecule has 0 aromatic carbocycles. The Hall–Kier alpha value is -0.840. The third kappa shape index (κ3) is 3.34. The lowest BCUT2D eigenvalue weighted by Crippen LogP contribution is -2.42. The van der Waals surface area contributed by atoms with Gasteiger partial charge in [-0.25, -0.2) is 4.79 Å². The zero-order chi connectivity index (χ0) is 13.1. The molecule has 5 heteroatoms. The Morgan fingerprint density at radius 1 is 1.39 bits per heavy atom. The van der Waals surface area contributed by atoms with Gasteiger partial charge in [0, 0.05) is 13.1 Å². The zero-order valence-electron chi connectivity index (χ0n) is 11.1. The molecule has 1 saturated heterocycles. The first-order chi connectivity index (χ1) is 8.56. The van der Waals surface area contributed by atoms with E-state index in [4.69, 9.17) is 17.0 Å². The third-order valence-corrected chi connectivity index (χ3v) is 4.13. The highest BCUT2D eigenvalue weighted by Crippen LogP contribution is 2.37. The molecule has 0 spiro atoms. The fraction of sp³-hybridized carbons (Fsp3) is 0.846. The molecule has 0 aromatic rings. The molecule has 1 saturated carbocycles. The van der Waals surface area contributed by atoms with Crippen LogP contribution in [0.3, 0.4) is 0 Å². The predicted octanol–water partition coefficient (Wildman–Crippen LogP) is 2.39. The number of rotatable bonds is 2. The summed E-state index contributed by atoms with van der Waals surface area (Å²) in [6.07, 6.45) is 3.54.